The molecule has 8 heteroatoms. The van der Waals surface area contributed by atoms with Crippen molar-refractivity contribution in [2.75, 3.05) is 11.9 Å². The van der Waals surface area contributed by atoms with E-state index < -0.39 is 5.97 Å². The summed E-state index contributed by atoms with van der Waals surface area (Å²) >= 11 is 0. The second-order valence-corrected chi connectivity index (χ2v) is 6.79. The molecule has 0 saturated carbocycles. The van der Waals surface area contributed by atoms with Gasteiger partial charge in [-0.2, -0.15) is 0 Å². The van der Waals surface area contributed by atoms with Gasteiger partial charge in [0, 0.05) is 35.4 Å². The van der Waals surface area contributed by atoms with Crippen molar-refractivity contribution in [2.24, 2.45) is 0 Å². The number of nitrogens with one attached hydrogen (secondary N) is 3. The monoisotopic (exact) mass is 404 g/mol. The number of H-pyrrole nitrogens is 2. The van der Waals surface area contributed by atoms with Crippen LogP contribution in [0.15, 0.2) is 67.1 Å². The highest BCUT2D eigenvalue weighted by molar-refractivity contribution is 5.90. The van der Waals surface area contributed by atoms with Gasteiger partial charge in [-0.1, -0.05) is 30.3 Å². The number of nitrogens with zero attached hydrogens (tertiary/aromatic N) is 1. The number of anilines is 1. The van der Waals surface area contributed by atoms with Crippen LogP contribution in [0.1, 0.15) is 23.5 Å². The molecule has 2 aromatic carbocycles. The second-order valence-electron chi connectivity index (χ2n) is 6.79. The number of carboxylic acids is 1. The topological polar surface area (TPSA) is 120 Å². The molecule has 8 nitrogen and oxygen atoms in total. The van der Waals surface area contributed by atoms with Crippen LogP contribution in [0.25, 0.3) is 10.9 Å². The fourth-order valence-corrected chi connectivity index (χ4v) is 3.42. The van der Waals surface area contributed by atoms with Gasteiger partial charge in [-0.05, 0) is 29.3 Å². The smallest absolute Gasteiger partial charge is 0.304 e. The lowest BCUT2D eigenvalue weighted by Crippen LogP contribution is -2.20. The number of benzene rings is 2. The van der Waals surface area contributed by atoms with E-state index in [-0.39, 0.29) is 24.9 Å². The molecule has 2 heterocycles. The SMILES string of the molecule is O=C(O)CC(c1ccccc1)c1c[nH]c2ccc(OCC(=O)Nc3ncc[nH]3)cc12. The van der Waals surface area contributed by atoms with Gasteiger partial charge in [0.2, 0.25) is 5.95 Å². The Labute approximate surface area is 171 Å². The predicted octanol–water partition coefficient (Wildman–Crippen LogP) is 3.52. The number of amides is 1. The number of carbonyl (C=O) groups is 2. The molecule has 0 aliphatic rings. The number of aromatic nitrogens is 3. The molecule has 0 radical (unpaired) electrons. The first-order valence-electron chi connectivity index (χ1n) is 9.40. The van der Waals surface area contributed by atoms with Crippen LogP contribution in [0.5, 0.6) is 5.75 Å². The van der Waals surface area contributed by atoms with E-state index in [9.17, 15) is 14.7 Å². The van der Waals surface area contributed by atoms with Gasteiger partial charge in [-0.15, -0.1) is 0 Å². The first-order valence-corrected chi connectivity index (χ1v) is 9.40. The Bertz CT molecular complexity index is 1150. The molecule has 4 aromatic rings. The Morgan fingerprint density at radius 3 is 2.70 bits per heavy atom. The van der Waals surface area contributed by atoms with E-state index in [0.717, 1.165) is 22.0 Å². The molecule has 4 rings (SSSR count). The van der Waals surface area contributed by atoms with E-state index in [0.29, 0.717) is 11.7 Å². The standard InChI is InChI=1S/C22H20N4O4/c27-20(26-22-23-8-9-24-22)13-30-15-6-7-19-17(10-15)18(12-25-19)16(11-21(28)29)14-4-2-1-3-5-14/h1-10,12,16,25H,11,13H2,(H,28,29)(H2,23,24,26,27). The van der Waals surface area contributed by atoms with Gasteiger partial charge in [0.1, 0.15) is 5.75 Å². The van der Waals surface area contributed by atoms with E-state index in [1.165, 1.54) is 6.20 Å². The summed E-state index contributed by atoms with van der Waals surface area (Å²) in [6.07, 6.45) is 4.95. The molecule has 0 aliphatic heterocycles. The van der Waals surface area contributed by atoms with Crippen LogP contribution < -0.4 is 10.1 Å². The van der Waals surface area contributed by atoms with Gasteiger partial charge >= 0.3 is 5.97 Å². The Kier molecular flexibility index (Phi) is 5.47. The summed E-state index contributed by atoms with van der Waals surface area (Å²) in [5.41, 5.74) is 2.65. The predicted molar refractivity (Wildman–Crippen MR) is 112 cm³/mol. The van der Waals surface area contributed by atoms with Crippen LogP contribution in [0.4, 0.5) is 5.95 Å². The molecule has 1 atom stereocenters. The summed E-state index contributed by atoms with van der Waals surface area (Å²) in [5, 5.41) is 12.9. The number of hydrogen-bond acceptors (Lipinski definition) is 4. The molecule has 0 bridgehead atoms. The normalized spacial score (nSPS) is 11.9. The van der Waals surface area contributed by atoms with Crippen LogP contribution >= 0.6 is 0 Å². The lowest BCUT2D eigenvalue weighted by atomic mass is 9.88. The molecule has 0 spiro atoms. The van der Waals surface area contributed by atoms with Crippen molar-refractivity contribution in [3.8, 4) is 5.75 Å². The van der Waals surface area contributed by atoms with Gasteiger partial charge < -0.3 is 19.8 Å². The van der Waals surface area contributed by atoms with Crippen molar-refractivity contribution in [2.45, 2.75) is 12.3 Å². The minimum Gasteiger partial charge on any atom is -0.484 e. The third-order valence-electron chi connectivity index (χ3n) is 4.77. The summed E-state index contributed by atoms with van der Waals surface area (Å²) in [5.74, 6) is -0.658. The molecule has 0 aliphatic carbocycles. The number of rotatable bonds is 8. The van der Waals surface area contributed by atoms with Crippen molar-refractivity contribution in [3.63, 3.8) is 0 Å². The molecule has 152 valence electrons. The van der Waals surface area contributed by atoms with Crippen molar-refractivity contribution < 1.29 is 19.4 Å². The van der Waals surface area contributed by atoms with Gasteiger partial charge in [0.05, 0.1) is 6.42 Å². The van der Waals surface area contributed by atoms with Crippen molar-refractivity contribution in [3.05, 3.63) is 78.2 Å². The summed E-state index contributed by atoms with van der Waals surface area (Å²) in [6.45, 7) is -0.177. The lowest BCUT2D eigenvalue weighted by Gasteiger charge is -2.15. The number of ether oxygens (including phenoxy) is 1. The average Bonchev–Trinajstić information content (AvgIpc) is 3.40. The summed E-state index contributed by atoms with van der Waals surface area (Å²) < 4.78 is 5.63. The number of carbonyl (C=O) groups excluding carboxylic acids is 1. The first-order chi connectivity index (χ1) is 14.6. The zero-order chi connectivity index (χ0) is 20.9. The van der Waals surface area contributed by atoms with E-state index in [2.05, 4.69) is 20.3 Å². The summed E-state index contributed by atoms with van der Waals surface area (Å²) in [6, 6.07) is 15.0. The van der Waals surface area contributed by atoms with Crippen LogP contribution in [0.3, 0.4) is 0 Å². The Morgan fingerprint density at radius 2 is 1.97 bits per heavy atom. The van der Waals surface area contributed by atoms with Crippen LogP contribution in [0, 0.1) is 0 Å². The highest BCUT2D eigenvalue weighted by Gasteiger charge is 2.21. The Hall–Kier alpha value is -4.07. The minimum atomic E-state index is -0.875. The fourth-order valence-electron chi connectivity index (χ4n) is 3.42. The highest BCUT2D eigenvalue weighted by atomic mass is 16.5. The second kappa shape index (κ2) is 8.52. The molecular formula is C22H20N4O4. The number of imidazole rings is 1. The van der Waals surface area contributed by atoms with Gasteiger partial charge in [-0.3, -0.25) is 14.9 Å². The number of carboxylic acid groups (broad SMARTS) is 1. The largest absolute Gasteiger partial charge is 0.484 e. The molecule has 1 unspecified atom stereocenters. The first kappa shape index (κ1) is 19.3. The Morgan fingerprint density at radius 1 is 1.13 bits per heavy atom. The summed E-state index contributed by atoms with van der Waals surface area (Å²) in [7, 11) is 0. The van der Waals surface area contributed by atoms with E-state index in [1.807, 2.05) is 48.7 Å². The Balaban J connectivity index is 1.57. The van der Waals surface area contributed by atoms with Crippen LogP contribution in [-0.2, 0) is 9.59 Å². The number of aromatic amines is 2. The average molecular weight is 404 g/mol. The zero-order valence-corrected chi connectivity index (χ0v) is 16.0. The van der Waals surface area contributed by atoms with Crippen LogP contribution in [-0.4, -0.2) is 38.5 Å². The molecule has 0 fully saturated rings. The summed E-state index contributed by atoms with van der Waals surface area (Å²) in [4.78, 5) is 33.4. The number of aliphatic carboxylic acids is 1. The maximum atomic E-state index is 12.0. The van der Waals surface area contributed by atoms with E-state index >= 15 is 0 Å². The molecule has 30 heavy (non-hydrogen) atoms. The molecular weight excluding hydrogens is 384 g/mol. The maximum absolute atomic E-state index is 12.0. The van der Waals surface area contributed by atoms with Crippen molar-refractivity contribution >= 4 is 28.7 Å². The third-order valence-corrected chi connectivity index (χ3v) is 4.77. The number of hydrogen-bond donors (Lipinski definition) is 4. The molecule has 1 amide bonds. The van der Waals surface area contributed by atoms with Crippen molar-refractivity contribution in [1.82, 2.24) is 15.0 Å². The van der Waals surface area contributed by atoms with E-state index in [4.69, 9.17) is 4.74 Å². The number of fused-ring (bicyclic) bond motifs is 1. The highest BCUT2D eigenvalue weighted by Crippen LogP contribution is 2.35. The maximum Gasteiger partial charge on any atom is 0.304 e. The molecule has 4 N–H and O–H groups in total. The van der Waals surface area contributed by atoms with Gasteiger partial charge in [0.25, 0.3) is 5.91 Å². The lowest BCUT2D eigenvalue weighted by molar-refractivity contribution is -0.137. The zero-order valence-electron chi connectivity index (χ0n) is 16.0. The van der Waals surface area contributed by atoms with Crippen LogP contribution in [0.2, 0.25) is 0 Å². The fraction of sp³-hybridized carbons (Fsp3) is 0.136. The molecule has 0 saturated heterocycles. The minimum absolute atomic E-state index is 0.0341. The quantitative estimate of drug-likeness (QED) is 0.358. The molecule has 2 aromatic heterocycles. The van der Waals surface area contributed by atoms with Crippen molar-refractivity contribution in [1.29, 1.82) is 0 Å². The van der Waals surface area contributed by atoms with Gasteiger partial charge in [-0.25, -0.2) is 4.98 Å². The third kappa shape index (κ3) is 4.33. The van der Waals surface area contributed by atoms with E-state index in [1.54, 1.807) is 12.3 Å². The van der Waals surface area contributed by atoms with Gasteiger partial charge in [0.15, 0.2) is 6.61 Å².